The van der Waals surface area contributed by atoms with Gasteiger partial charge >= 0.3 is 0 Å². The number of halogens is 3. The molecule has 20 heavy (non-hydrogen) atoms. The zero-order valence-electron chi connectivity index (χ0n) is 11.1. The summed E-state index contributed by atoms with van der Waals surface area (Å²) in [5.74, 6) is 0.753. The highest BCUT2D eigenvalue weighted by Gasteiger charge is 2.09. The van der Waals surface area contributed by atoms with Crippen molar-refractivity contribution in [2.45, 2.75) is 13.5 Å². The molecule has 0 unspecified atom stereocenters. The smallest absolute Gasteiger partial charge is 0.156 e. The molecule has 1 N–H and O–H groups in total. The van der Waals surface area contributed by atoms with Gasteiger partial charge in [0.05, 0.1) is 17.3 Å². The largest absolute Gasteiger partial charge is 0.493 e. The molecule has 0 saturated heterocycles. The van der Waals surface area contributed by atoms with Crippen LogP contribution < -0.4 is 10.1 Å². The highest BCUT2D eigenvalue weighted by molar-refractivity contribution is 9.10. The molecule has 0 spiro atoms. The fraction of sp³-hybridized carbons (Fsp3) is 0.200. The number of hydrogen-bond acceptors (Lipinski definition) is 2. The van der Waals surface area contributed by atoms with Gasteiger partial charge in [-0.3, -0.25) is 0 Å². The monoisotopic (exact) mass is 417 g/mol. The molecule has 5 heteroatoms. The van der Waals surface area contributed by atoms with E-state index in [2.05, 4.69) is 62.3 Å². The minimum absolute atomic E-state index is 0.659. The second-order valence-electron chi connectivity index (χ2n) is 4.41. The van der Waals surface area contributed by atoms with Crippen LogP contribution >= 0.6 is 43.5 Å². The topological polar surface area (TPSA) is 21.3 Å². The van der Waals surface area contributed by atoms with Gasteiger partial charge in [-0.05, 0) is 52.2 Å². The molecule has 0 heterocycles. The molecule has 106 valence electrons. The second kappa shape index (κ2) is 6.83. The van der Waals surface area contributed by atoms with Gasteiger partial charge in [0.2, 0.25) is 0 Å². The van der Waals surface area contributed by atoms with Gasteiger partial charge in [-0.1, -0.05) is 39.7 Å². The van der Waals surface area contributed by atoms with Crippen LogP contribution in [0.4, 0.5) is 5.69 Å². The standard InChI is InChI=1S/C15H14Br2ClNO/c1-9-5-10(3-4-12(9)16)8-19-14-7-11(18)6-13(17)15(14)20-2/h3-7,19H,8H2,1-2H3. The molecule has 0 aliphatic heterocycles. The van der Waals surface area contributed by atoms with E-state index in [0.29, 0.717) is 11.6 Å². The average Bonchev–Trinajstić information content (AvgIpc) is 2.39. The number of rotatable bonds is 4. The average molecular weight is 420 g/mol. The number of hydrogen-bond donors (Lipinski definition) is 1. The van der Waals surface area contributed by atoms with Crippen LogP contribution in [-0.4, -0.2) is 7.11 Å². The predicted octanol–water partition coefficient (Wildman–Crippen LogP) is 5.79. The Morgan fingerprint density at radius 2 is 1.90 bits per heavy atom. The van der Waals surface area contributed by atoms with E-state index in [4.69, 9.17) is 16.3 Å². The SMILES string of the molecule is COc1c(Br)cc(Cl)cc1NCc1ccc(Br)c(C)c1. The summed E-state index contributed by atoms with van der Waals surface area (Å²) >= 11 is 13.0. The molecule has 0 aliphatic rings. The van der Waals surface area contributed by atoms with Crippen molar-refractivity contribution in [1.29, 1.82) is 0 Å². The highest BCUT2D eigenvalue weighted by Crippen LogP contribution is 2.36. The molecule has 0 aromatic heterocycles. The summed E-state index contributed by atoms with van der Waals surface area (Å²) in [4.78, 5) is 0. The van der Waals surface area contributed by atoms with Crippen LogP contribution in [0.3, 0.4) is 0 Å². The summed E-state index contributed by atoms with van der Waals surface area (Å²) in [7, 11) is 1.64. The quantitative estimate of drug-likeness (QED) is 0.677. The first-order valence-electron chi connectivity index (χ1n) is 6.03. The second-order valence-corrected chi connectivity index (χ2v) is 6.55. The maximum Gasteiger partial charge on any atom is 0.156 e. The van der Waals surface area contributed by atoms with Gasteiger partial charge < -0.3 is 10.1 Å². The van der Waals surface area contributed by atoms with Crippen LogP contribution in [0.2, 0.25) is 5.02 Å². The van der Waals surface area contributed by atoms with E-state index in [9.17, 15) is 0 Å². The van der Waals surface area contributed by atoms with Crippen molar-refractivity contribution in [3.05, 3.63) is 55.4 Å². The Bertz CT molecular complexity index is 632. The van der Waals surface area contributed by atoms with Gasteiger partial charge in [0, 0.05) is 16.0 Å². The van der Waals surface area contributed by atoms with Crippen molar-refractivity contribution < 1.29 is 4.74 Å². The summed E-state index contributed by atoms with van der Waals surface area (Å²) in [5.41, 5.74) is 3.28. The first kappa shape index (κ1) is 15.7. The third-order valence-electron chi connectivity index (χ3n) is 2.92. The van der Waals surface area contributed by atoms with Crippen molar-refractivity contribution in [2.24, 2.45) is 0 Å². The van der Waals surface area contributed by atoms with Crippen LogP contribution in [0.1, 0.15) is 11.1 Å². The van der Waals surface area contributed by atoms with Crippen LogP contribution in [0.25, 0.3) is 0 Å². The molecule has 0 aliphatic carbocycles. The lowest BCUT2D eigenvalue weighted by Gasteiger charge is -2.14. The van der Waals surface area contributed by atoms with E-state index in [1.807, 2.05) is 12.1 Å². The van der Waals surface area contributed by atoms with Gasteiger partial charge in [0.15, 0.2) is 5.75 Å². The number of ether oxygens (including phenoxy) is 1. The van der Waals surface area contributed by atoms with Gasteiger partial charge in [0.1, 0.15) is 0 Å². The fourth-order valence-electron chi connectivity index (χ4n) is 1.91. The maximum absolute atomic E-state index is 6.08. The van der Waals surface area contributed by atoms with Crippen molar-refractivity contribution in [3.63, 3.8) is 0 Å². The lowest BCUT2D eigenvalue weighted by molar-refractivity contribution is 0.414. The Hall–Kier alpha value is -0.710. The predicted molar refractivity (Wildman–Crippen MR) is 91.9 cm³/mol. The van der Waals surface area contributed by atoms with E-state index in [1.54, 1.807) is 7.11 Å². The zero-order valence-corrected chi connectivity index (χ0v) is 15.1. The molecule has 0 saturated carbocycles. The van der Waals surface area contributed by atoms with Crippen LogP contribution in [0, 0.1) is 6.92 Å². The Kier molecular flexibility index (Phi) is 5.35. The van der Waals surface area contributed by atoms with E-state index in [-0.39, 0.29) is 0 Å². The van der Waals surface area contributed by atoms with Crippen molar-refractivity contribution >= 4 is 49.1 Å². The van der Waals surface area contributed by atoms with Crippen molar-refractivity contribution in [2.75, 3.05) is 12.4 Å². The molecular formula is C15H14Br2ClNO. The first-order valence-corrected chi connectivity index (χ1v) is 7.99. The summed E-state index contributed by atoms with van der Waals surface area (Å²) in [6, 6.07) is 9.95. The van der Waals surface area contributed by atoms with E-state index in [1.165, 1.54) is 11.1 Å². The summed E-state index contributed by atoms with van der Waals surface area (Å²) < 4.78 is 7.34. The molecular weight excluding hydrogens is 405 g/mol. The Morgan fingerprint density at radius 3 is 2.55 bits per heavy atom. The minimum Gasteiger partial charge on any atom is -0.493 e. The van der Waals surface area contributed by atoms with Gasteiger partial charge in [0.25, 0.3) is 0 Å². The van der Waals surface area contributed by atoms with Gasteiger partial charge in [-0.2, -0.15) is 0 Å². The third kappa shape index (κ3) is 3.68. The molecule has 0 amide bonds. The maximum atomic E-state index is 6.08. The zero-order chi connectivity index (χ0) is 14.7. The molecule has 2 rings (SSSR count). The summed E-state index contributed by atoms with van der Waals surface area (Å²) in [6.45, 7) is 2.78. The molecule has 0 fully saturated rings. The van der Waals surface area contributed by atoms with Crippen molar-refractivity contribution in [3.8, 4) is 5.75 Å². The fourth-order valence-corrected chi connectivity index (χ4v) is 3.13. The van der Waals surface area contributed by atoms with Crippen molar-refractivity contribution in [1.82, 2.24) is 0 Å². The lowest BCUT2D eigenvalue weighted by Crippen LogP contribution is -2.02. The van der Waals surface area contributed by atoms with E-state index >= 15 is 0 Å². The number of nitrogens with one attached hydrogen (secondary N) is 1. The molecule has 0 radical (unpaired) electrons. The lowest BCUT2D eigenvalue weighted by atomic mass is 10.1. The number of aryl methyl sites for hydroxylation is 1. The number of anilines is 1. The molecule has 2 aromatic carbocycles. The van der Waals surface area contributed by atoms with Crippen LogP contribution in [0.5, 0.6) is 5.75 Å². The molecule has 0 atom stereocenters. The third-order valence-corrected chi connectivity index (χ3v) is 4.61. The summed E-state index contributed by atoms with van der Waals surface area (Å²) in [6.07, 6.45) is 0. The molecule has 2 aromatic rings. The summed E-state index contributed by atoms with van der Waals surface area (Å²) in [5, 5.41) is 4.01. The van der Waals surface area contributed by atoms with Gasteiger partial charge in [-0.25, -0.2) is 0 Å². The normalized spacial score (nSPS) is 10.4. The highest BCUT2D eigenvalue weighted by atomic mass is 79.9. The molecule has 0 bridgehead atoms. The van der Waals surface area contributed by atoms with Crippen LogP contribution in [-0.2, 0) is 6.54 Å². The van der Waals surface area contributed by atoms with E-state index in [0.717, 1.165) is 20.4 Å². The number of benzene rings is 2. The Balaban J connectivity index is 2.20. The Morgan fingerprint density at radius 1 is 1.15 bits per heavy atom. The minimum atomic E-state index is 0.659. The van der Waals surface area contributed by atoms with E-state index < -0.39 is 0 Å². The molecule has 2 nitrogen and oxygen atoms in total. The Labute approximate surface area is 140 Å². The number of methoxy groups -OCH3 is 1. The van der Waals surface area contributed by atoms with Gasteiger partial charge in [-0.15, -0.1) is 0 Å². The first-order chi connectivity index (χ1) is 9.51. The van der Waals surface area contributed by atoms with Crippen LogP contribution in [0.15, 0.2) is 39.3 Å².